The second kappa shape index (κ2) is 9.23. The van der Waals surface area contributed by atoms with Gasteiger partial charge in [-0.3, -0.25) is 0 Å². The number of aromatic nitrogens is 4. The summed E-state index contributed by atoms with van der Waals surface area (Å²) in [7, 11) is 3.22. The summed E-state index contributed by atoms with van der Waals surface area (Å²) in [6, 6.07) is 5.91. The summed E-state index contributed by atoms with van der Waals surface area (Å²) in [5.41, 5.74) is 1.26. The molecule has 0 aliphatic carbocycles. The Morgan fingerprint density at radius 3 is 2.58 bits per heavy atom. The molecular formula is C23H29N5O3. The van der Waals surface area contributed by atoms with Crippen molar-refractivity contribution in [3.63, 3.8) is 0 Å². The number of benzene rings is 1. The number of imidazole rings is 1. The van der Waals surface area contributed by atoms with Crippen LogP contribution in [-0.4, -0.2) is 44.4 Å². The number of methoxy groups -OCH3 is 2. The van der Waals surface area contributed by atoms with Crippen LogP contribution in [0.1, 0.15) is 51.5 Å². The number of anilines is 1. The molecule has 0 saturated heterocycles. The van der Waals surface area contributed by atoms with Crippen molar-refractivity contribution >= 4 is 17.0 Å². The SMILES string of the molecule is CC[C@](C)(O)C#Cc1nc(NCc2ccc(OC)c(OC)c2)c2ncn(C(C)C)c2n1. The maximum atomic E-state index is 10.2. The third kappa shape index (κ3) is 5.06. The minimum atomic E-state index is -1.09. The van der Waals surface area contributed by atoms with Crippen LogP contribution in [0, 0.1) is 11.8 Å². The van der Waals surface area contributed by atoms with E-state index in [4.69, 9.17) is 9.47 Å². The molecule has 1 atom stereocenters. The average Bonchev–Trinajstić information content (AvgIpc) is 3.20. The number of nitrogens with one attached hydrogen (secondary N) is 1. The molecule has 0 aliphatic heterocycles. The summed E-state index contributed by atoms with van der Waals surface area (Å²) < 4.78 is 12.7. The van der Waals surface area contributed by atoms with E-state index in [1.54, 1.807) is 27.5 Å². The molecule has 0 saturated carbocycles. The zero-order valence-electron chi connectivity index (χ0n) is 18.9. The van der Waals surface area contributed by atoms with Gasteiger partial charge in [-0.05, 0) is 50.8 Å². The zero-order valence-corrected chi connectivity index (χ0v) is 18.9. The fourth-order valence-electron chi connectivity index (χ4n) is 2.93. The number of aliphatic hydroxyl groups is 1. The van der Waals surface area contributed by atoms with Crippen molar-refractivity contribution in [3.8, 4) is 23.3 Å². The molecule has 0 aliphatic rings. The predicted molar refractivity (Wildman–Crippen MR) is 120 cm³/mol. The molecule has 2 heterocycles. The number of hydrogen-bond acceptors (Lipinski definition) is 7. The first kappa shape index (κ1) is 22.4. The molecule has 2 aromatic heterocycles. The summed E-state index contributed by atoms with van der Waals surface area (Å²) in [5.74, 6) is 8.02. The van der Waals surface area contributed by atoms with Crippen molar-refractivity contribution in [3.05, 3.63) is 35.9 Å². The van der Waals surface area contributed by atoms with Crippen molar-refractivity contribution in [1.82, 2.24) is 19.5 Å². The van der Waals surface area contributed by atoms with Crippen molar-refractivity contribution in [2.75, 3.05) is 19.5 Å². The Morgan fingerprint density at radius 2 is 1.94 bits per heavy atom. The van der Waals surface area contributed by atoms with Gasteiger partial charge in [0.15, 0.2) is 28.5 Å². The first-order chi connectivity index (χ1) is 14.8. The molecule has 164 valence electrons. The lowest BCUT2D eigenvalue weighted by atomic mass is 10.1. The Balaban J connectivity index is 1.98. The van der Waals surface area contributed by atoms with E-state index < -0.39 is 5.60 Å². The fourth-order valence-corrected chi connectivity index (χ4v) is 2.93. The first-order valence-electron chi connectivity index (χ1n) is 10.2. The topological polar surface area (TPSA) is 94.3 Å². The van der Waals surface area contributed by atoms with Gasteiger partial charge in [0.25, 0.3) is 0 Å². The van der Waals surface area contributed by atoms with Gasteiger partial charge in [-0.25, -0.2) is 15.0 Å². The normalized spacial score (nSPS) is 12.9. The highest BCUT2D eigenvalue weighted by Gasteiger charge is 2.16. The molecule has 0 spiro atoms. The molecular weight excluding hydrogens is 394 g/mol. The number of nitrogens with zero attached hydrogens (tertiary/aromatic N) is 4. The molecule has 0 radical (unpaired) electrons. The van der Waals surface area contributed by atoms with E-state index in [9.17, 15) is 5.11 Å². The lowest BCUT2D eigenvalue weighted by Gasteiger charge is -2.13. The van der Waals surface area contributed by atoms with Crippen LogP contribution in [0.4, 0.5) is 5.82 Å². The van der Waals surface area contributed by atoms with Gasteiger partial charge < -0.3 is 24.5 Å². The van der Waals surface area contributed by atoms with Gasteiger partial charge in [-0.2, -0.15) is 0 Å². The highest BCUT2D eigenvalue weighted by molar-refractivity contribution is 5.83. The molecule has 1 aromatic carbocycles. The van der Waals surface area contributed by atoms with Gasteiger partial charge in [0.1, 0.15) is 5.60 Å². The lowest BCUT2D eigenvalue weighted by Crippen LogP contribution is -2.19. The number of rotatable bonds is 7. The summed E-state index contributed by atoms with van der Waals surface area (Å²) in [4.78, 5) is 13.7. The Morgan fingerprint density at radius 1 is 1.19 bits per heavy atom. The summed E-state index contributed by atoms with van der Waals surface area (Å²) in [6.45, 7) is 8.18. The van der Waals surface area contributed by atoms with Gasteiger partial charge in [-0.15, -0.1) is 0 Å². The maximum absolute atomic E-state index is 10.2. The fraction of sp³-hybridized carbons (Fsp3) is 0.435. The average molecular weight is 424 g/mol. The van der Waals surface area contributed by atoms with Gasteiger partial charge in [0.2, 0.25) is 5.82 Å². The second-order valence-corrected chi connectivity index (χ2v) is 7.73. The van der Waals surface area contributed by atoms with Crippen LogP contribution in [0.5, 0.6) is 11.5 Å². The largest absolute Gasteiger partial charge is 0.493 e. The lowest BCUT2D eigenvalue weighted by molar-refractivity contribution is 0.118. The number of fused-ring (bicyclic) bond motifs is 1. The molecule has 31 heavy (non-hydrogen) atoms. The van der Waals surface area contributed by atoms with Crippen molar-refractivity contribution in [2.45, 2.75) is 52.3 Å². The predicted octanol–water partition coefficient (Wildman–Crippen LogP) is 3.55. The van der Waals surface area contributed by atoms with E-state index >= 15 is 0 Å². The monoisotopic (exact) mass is 423 g/mol. The quantitative estimate of drug-likeness (QED) is 0.561. The molecule has 3 aromatic rings. The van der Waals surface area contributed by atoms with Gasteiger partial charge in [0.05, 0.1) is 20.5 Å². The van der Waals surface area contributed by atoms with Crippen LogP contribution in [0.25, 0.3) is 11.2 Å². The molecule has 0 bridgehead atoms. The molecule has 3 rings (SSSR count). The third-order valence-electron chi connectivity index (χ3n) is 5.02. The smallest absolute Gasteiger partial charge is 0.209 e. The van der Waals surface area contributed by atoms with Gasteiger partial charge >= 0.3 is 0 Å². The minimum absolute atomic E-state index is 0.179. The molecule has 0 unspecified atom stereocenters. The molecule has 0 fully saturated rings. The Hall–Kier alpha value is -3.31. The maximum Gasteiger partial charge on any atom is 0.209 e. The first-order valence-corrected chi connectivity index (χ1v) is 10.2. The van der Waals surface area contributed by atoms with Crippen LogP contribution in [0.2, 0.25) is 0 Å². The van der Waals surface area contributed by atoms with Gasteiger partial charge in [-0.1, -0.05) is 18.9 Å². The van der Waals surface area contributed by atoms with E-state index in [1.165, 1.54) is 0 Å². The highest BCUT2D eigenvalue weighted by Crippen LogP contribution is 2.28. The van der Waals surface area contributed by atoms with Gasteiger partial charge in [0, 0.05) is 12.6 Å². The zero-order chi connectivity index (χ0) is 22.6. The Kier molecular flexibility index (Phi) is 6.66. The van der Waals surface area contributed by atoms with E-state index in [1.807, 2.05) is 29.7 Å². The highest BCUT2D eigenvalue weighted by atomic mass is 16.5. The molecule has 2 N–H and O–H groups in total. The number of ether oxygens (including phenoxy) is 2. The van der Waals surface area contributed by atoms with Crippen molar-refractivity contribution < 1.29 is 14.6 Å². The van der Waals surface area contributed by atoms with Crippen LogP contribution in [-0.2, 0) is 6.54 Å². The second-order valence-electron chi connectivity index (χ2n) is 7.73. The van der Waals surface area contributed by atoms with E-state index in [2.05, 4.69) is 46.0 Å². The van der Waals surface area contributed by atoms with Crippen LogP contribution < -0.4 is 14.8 Å². The van der Waals surface area contributed by atoms with E-state index in [-0.39, 0.29) is 6.04 Å². The number of hydrogen-bond donors (Lipinski definition) is 2. The standard InChI is InChI=1S/C23H29N5O3/c1-7-23(4,29)11-10-19-26-21(20-22(27-19)28(14-25-20)15(2)3)24-13-16-8-9-17(30-5)18(12-16)31-6/h8-9,12,14-15,29H,7,13H2,1-6H3,(H,24,26,27)/t23-/m0/s1. The summed E-state index contributed by atoms with van der Waals surface area (Å²) in [5, 5.41) is 13.6. The van der Waals surface area contributed by atoms with Crippen molar-refractivity contribution in [1.29, 1.82) is 0 Å². The van der Waals surface area contributed by atoms with E-state index in [0.29, 0.717) is 47.3 Å². The molecule has 8 nitrogen and oxygen atoms in total. The Bertz CT molecular complexity index is 1130. The molecule has 8 heteroatoms. The summed E-state index contributed by atoms with van der Waals surface area (Å²) >= 11 is 0. The minimum Gasteiger partial charge on any atom is -0.493 e. The van der Waals surface area contributed by atoms with Crippen molar-refractivity contribution in [2.24, 2.45) is 0 Å². The molecule has 0 amide bonds. The van der Waals surface area contributed by atoms with E-state index in [0.717, 1.165) is 5.56 Å². The van der Waals surface area contributed by atoms with Crippen LogP contribution in [0.3, 0.4) is 0 Å². The van der Waals surface area contributed by atoms with Crippen LogP contribution >= 0.6 is 0 Å². The summed E-state index contributed by atoms with van der Waals surface area (Å²) in [6.07, 6.45) is 2.27. The Labute approximate surface area is 182 Å². The van der Waals surface area contributed by atoms with Crippen LogP contribution in [0.15, 0.2) is 24.5 Å². The third-order valence-corrected chi connectivity index (χ3v) is 5.02.